The van der Waals surface area contributed by atoms with Crippen molar-refractivity contribution in [1.82, 2.24) is 15.2 Å². The predicted octanol–water partition coefficient (Wildman–Crippen LogP) is -0.703. The number of aromatic nitrogens is 3. The monoisotopic (exact) mass is 183 g/mol. The molecule has 0 amide bonds. The molecule has 0 unspecified atom stereocenters. The third kappa shape index (κ3) is 1.90. The zero-order chi connectivity index (χ0) is 10.0. The van der Waals surface area contributed by atoms with Crippen molar-refractivity contribution in [3.63, 3.8) is 0 Å². The summed E-state index contributed by atoms with van der Waals surface area (Å²) in [5.74, 6) is -0.693. The van der Waals surface area contributed by atoms with Crippen molar-refractivity contribution < 1.29 is 4.79 Å². The molecule has 70 valence electrons. The average molecular weight is 183 g/mol. The summed E-state index contributed by atoms with van der Waals surface area (Å²) in [5.41, 5.74) is -1.72. The van der Waals surface area contributed by atoms with Crippen LogP contribution < -0.4 is 11.1 Å². The first kappa shape index (κ1) is 9.37. The minimum Gasteiger partial charge on any atom is -0.298 e. The number of nitrogens with one attached hydrogen (secondary N) is 2. The van der Waals surface area contributed by atoms with Gasteiger partial charge in [0.2, 0.25) is 5.78 Å². The van der Waals surface area contributed by atoms with Gasteiger partial charge in [0.25, 0.3) is 0 Å². The molecule has 1 aromatic heterocycles. The van der Waals surface area contributed by atoms with Crippen LogP contribution >= 0.6 is 0 Å². The molecule has 0 fully saturated rings. The van der Waals surface area contributed by atoms with Crippen LogP contribution in [0.25, 0.3) is 0 Å². The predicted molar refractivity (Wildman–Crippen MR) is 44.6 cm³/mol. The van der Waals surface area contributed by atoms with Crippen molar-refractivity contribution in [1.29, 1.82) is 0 Å². The van der Waals surface area contributed by atoms with Gasteiger partial charge >= 0.3 is 11.1 Å². The molecule has 13 heavy (non-hydrogen) atoms. The zero-order valence-electron chi connectivity index (χ0n) is 7.25. The highest BCUT2D eigenvalue weighted by molar-refractivity contribution is 5.93. The van der Waals surface area contributed by atoms with Gasteiger partial charge in [0, 0.05) is 5.92 Å². The van der Waals surface area contributed by atoms with Crippen LogP contribution in [0.4, 0.5) is 0 Å². The van der Waals surface area contributed by atoms with E-state index in [0.29, 0.717) is 0 Å². The van der Waals surface area contributed by atoms with Gasteiger partial charge in [-0.2, -0.15) is 5.10 Å². The number of ketones is 1. The Morgan fingerprint density at radius 1 is 1.31 bits per heavy atom. The second-order valence-electron chi connectivity index (χ2n) is 2.87. The van der Waals surface area contributed by atoms with Gasteiger partial charge in [0.05, 0.1) is 0 Å². The Balaban J connectivity index is 3.19. The normalized spacial score (nSPS) is 10.4. The van der Waals surface area contributed by atoms with E-state index in [1.807, 2.05) is 5.10 Å². The molecule has 6 nitrogen and oxygen atoms in total. The van der Waals surface area contributed by atoms with Gasteiger partial charge in [-0.3, -0.25) is 19.4 Å². The second kappa shape index (κ2) is 3.34. The topological polar surface area (TPSA) is 95.7 Å². The summed E-state index contributed by atoms with van der Waals surface area (Å²) in [6.07, 6.45) is 0. The van der Waals surface area contributed by atoms with Crippen LogP contribution in [-0.4, -0.2) is 21.0 Å². The molecule has 0 saturated heterocycles. The Morgan fingerprint density at radius 3 is 2.38 bits per heavy atom. The number of hydrogen-bond acceptors (Lipinski definition) is 4. The first-order valence-corrected chi connectivity index (χ1v) is 3.75. The van der Waals surface area contributed by atoms with Crippen LogP contribution in [0.5, 0.6) is 0 Å². The van der Waals surface area contributed by atoms with E-state index < -0.39 is 11.1 Å². The van der Waals surface area contributed by atoms with Gasteiger partial charge in [0.1, 0.15) is 0 Å². The standard InChI is InChI=1S/C7H9N3O3/c1-3(2)4(11)5-8-6(12)7(13)10-9-5/h3H,1-2H3,(H,10,13)(H,8,9,12). The molecule has 0 saturated carbocycles. The molecule has 0 aromatic carbocycles. The summed E-state index contributed by atoms with van der Waals surface area (Å²) in [4.78, 5) is 34.7. The highest BCUT2D eigenvalue weighted by Gasteiger charge is 2.13. The van der Waals surface area contributed by atoms with E-state index in [9.17, 15) is 14.4 Å². The molecule has 0 aliphatic rings. The summed E-state index contributed by atoms with van der Waals surface area (Å²) in [7, 11) is 0. The largest absolute Gasteiger partial charge is 0.329 e. The summed E-state index contributed by atoms with van der Waals surface area (Å²) < 4.78 is 0. The van der Waals surface area contributed by atoms with E-state index in [0.717, 1.165) is 0 Å². The number of nitrogens with zero attached hydrogens (tertiary/aromatic N) is 1. The van der Waals surface area contributed by atoms with Gasteiger partial charge in [0.15, 0.2) is 5.82 Å². The molecule has 0 aliphatic carbocycles. The summed E-state index contributed by atoms with van der Waals surface area (Å²) in [5, 5.41) is 5.35. The quantitative estimate of drug-likeness (QED) is 0.468. The molecule has 0 atom stereocenters. The van der Waals surface area contributed by atoms with E-state index in [1.165, 1.54) is 0 Å². The van der Waals surface area contributed by atoms with Crippen molar-refractivity contribution in [2.24, 2.45) is 5.92 Å². The van der Waals surface area contributed by atoms with Gasteiger partial charge < -0.3 is 0 Å². The molecule has 0 aliphatic heterocycles. The minimum atomic E-state index is -0.862. The van der Waals surface area contributed by atoms with Crippen molar-refractivity contribution in [3.05, 3.63) is 26.5 Å². The molecule has 1 rings (SSSR count). The Kier molecular flexibility index (Phi) is 2.41. The van der Waals surface area contributed by atoms with Crippen molar-refractivity contribution in [3.8, 4) is 0 Å². The summed E-state index contributed by atoms with van der Waals surface area (Å²) in [6.45, 7) is 3.35. The van der Waals surface area contributed by atoms with Crippen molar-refractivity contribution in [2.45, 2.75) is 13.8 Å². The number of rotatable bonds is 2. The molecular formula is C7H9N3O3. The summed E-state index contributed by atoms with van der Waals surface area (Å²) in [6, 6.07) is 0. The molecule has 1 heterocycles. The molecule has 2 N–H and O–H groups in total. The third-order valence-corrected chi connectivity index (χ3v) is 1.47. The maximum absolute atomic E-state index is 11.3. The number of aromatic amines is 2. The first-order valence-electron chi connectivity index (χ1n) is 3.75. The van der Waals surface area contributed by atoms with E-state index in [2.05, 4.69) is 10.1 Å². The fourth-order valence-electron chi connectivity index (χ4n) is 0.740. The van der Waals surface area contributed by atoms with Gasteiger partial charge in [-0.05, 0) is 0 Å². The fraction of sp³-hybridized carbons (Fsp3) is 0.429. The molecule has 6 heteroatoms. The number of hydrogen-bond donors (Lipinski definition) is 2. The lowest BCUT2D eigenvalue weighted by atomic mass is 10.1. The van der Waals surface area contributed by atoms with Crippen molar-refractivity contribution in [2.75, 3.05) is 0 Å². The molecule has 0 radical (unpaired) electrons. The lowest BCUT2D eigenvalue weighted by Gasteiger charge is -2.00. The minimum absolute atomic E-state index is 0.111. The Hall–Kier alpha value is -1.72. The maximum Gasteiger partial charge on any atom is 0.329 e. The second-order valence-corrected chi connectivity index (χ2v) is 2.87. The van der Waals surface area contributed by atoms with Crippen LogP contribution in [0.3, 0.4) is 0 Å². The maximum atomic E-state index is 11.3. The first-order chi connectivity index (χ1) is 6.02. The molecule has 0 bridgehead atoms. The Labute approximate surface area is 73.0 Å². The average Bonchev–Trinajstić information content (AvgIpc) is 2.08. The van der Waals surface area contributed by atoms with E-state index in [-0.39, 0.29) is 17.5 Å². The van der Waals surface area contributed by atoms with Crippen LogP contribution in [0.1, 0.15) is 24.5 Å². The molecule has 1 aromatic rings. The number of H-pyrrole nitrogens is 2. The van der Waals surface area contributed by atoms with E-state index >= 15 is 0 Å². The van der Waals surface area contributed by atoms with Crippen LogP contribution in [-0.2, 0) is 0 Å². The van der Waals surface area contributed by atoms with Crippen LogP contribution in [0, 0.1) is 5.92 Å². The molecular weight excluding hydrogens is 174 g/mol. The lowest BCUT2D eigenvalue weighted by molar-refractivity contribution is 0.0927. The highest BCUT2D eigenvalue weighted by atomic mass is 16.2. The van der Waals surface area contributed by atoms with Crippen molar-refractivity contribution >= 4 is 5.78 Å². The van der Waals surface area contributed by atoms with E-state index in [4.69, 9.17) is 0 Å². The third-order valence-electron chi connectivity index (χ3n) is 1.47. The molecule has 0 spiro atoms. The Morgan fingerprint density at radius 2 is 1.92 bits per heavy atom. The fourth-order valence-corrected chi connectivity index (χ4v) is 0.740. The number of carbonyl (C=O) groups excluding carboxylic acids is 1. The Bertz CT molecular complexity index is 429. The van der Waals surface area contributed by atoms with Gasteiger partial charge in [-0.15, -0.1) is 0 Å². The van der Waals surface area contributed by atoms with Crippen LogP contribution in [0.15, 0.2) is 9.59 Å². The van der Waals surface area contributed by atoms with Gasteiger partial charge in [-0.1, -0.05) is 13.8 Å². The zero-order valence-corrected chi connectivity index (χ0v) is 7.25. The van der Waals surface area contributed by atoms with E-state index in [1.54, 1.807) is 13.8 Å². The smallest absolute Gasteiger partial charge is 0.298 e. The number of Topliss-reactive ketones (excluding diaryl/α,β-unsaturated/α-hetero) is 1. The SMILES string of the molecule is CC(C)C(=O)c1n[nH]c(=O)c(=O)[nH]1. The lowest BCUT2D eigenvalue weighted by Crippen LogP contribution is -2.33. The number of carbonyl (C=O) groups is 1. The van der Waals surface area contributed by atoms with Crippen LogP contribution in [0.2, 0.25) is 0 Å². The van der Waals surface area contributed by atoms with Gasteiger partial charge in [-0.25, -0.2) is 5.10 Å². The highest BCUT2D eigenvalue weighted by Crippen LogP contribution is 1.98. The summed E-state index contributed by atoms with van der Waals surface area (Å²) >= 11 is 0.